The molecule has 0 aliphatic rings. The average molecular weight is 441 g/mol. The lowest BCUT2D eigenvalue weighted by Gasteiger charge is -2.13. The highest BCUT2D eigenvalue weighted by molar-refractivity contribution is 5.77. The first-order valence-corrected chi connectivity index (χ1v) is 9.32. The van der Waals surface area contributed by atoms with E-state index in [-0.39, 0.29) is 32.3 Å². The molecule has 5 N–H and O–H groups in total. The SMILES string of the molecule is CC(COC(=O)CCC(=O)O)OC(=O)CCC(=O)O.NC(Cc1ccccc1)C(=O)O. The van der Waals surface area contributed by atoms with Crippen LogP contribution in [0.25, 0.3) is 0 Å². The van der Waals surface area contributed by atoms with Crippen molar-refractivity contribution in [1.82, 2.24) is 0 Å². The van der Waals surface area contributed by atoms with Crippen LogP contribution in [0.4, 0.5) is 0 Å². The molecule has 11 nitrogen and oxygen atoms in total. The molecule has 0 saturated heterocycles. The monoisotopic (exact) mass is 441 g/mol. The largest absolute Gasteiger partial charge is 0.481 e. The molecule has 11 heteroatoms. The third-order valence-corrected chi connectivity index (χ3v) is 3.51. The van der Waals surface area contributed by atoms with Gasteiger partial charge in [-0.05, 0) is 18.9 Å². The second kappa shape index (κ2) is 15.4. The molecule has 31 heavy (non-hydrogen) atoms. The highest BCUT2D eigenvalue weighted by Crippen LogP contribution is 2.02. The molecule has 0 aliphatic carbocycles. The maximum atomic E-state index is 11.1. The van der Waals surface area contributed by atoms with Gasteiger partial charge in [0.2, 0.25) is 0 Å². The molecule has 1 rings (SSSR count). The lowest BCUT2D eigenvalue weighted by atomic mass is 10.1. The van der Waals surface area contributed by atoms with Crippen LogP contribution in [0.5, 0.6) is 0 Å². The number of rotatable bonds is 12. The summed E-state index contributed by atoms with van der Waals surface area (Å²) in [6, 6.07) is 8.54. The van der Waals surface area contributed by atoms with E-state index in [1.165, 1.54) is 6.92 Å². The molecule has 0 radical (unpaired) electrons. The number of carboxylic acids is 3. The Morgan fingerprint density at radius 3 is 1.87 bits per heavy atom. The number of benzene rings is 1. The van der Waals surface area contributed by atoms with Gasteiger partial charge in [-0.2, -0.15) is 0 Å². The first-order valence-electron chi connectivity index (χ1n) is 9.32. The van der Waals surface area contributed by atoms with Crippen LogP contribution in [0.2, 0.25) is 0 Å². The Morgan fingerprint density at radius 2 is 1.39 bits per heavy atom. The Kier molecular flexibility index (Phi) is 13.7. The fourth-order valence-corrected chi connectivity index (χ4v) is 1.97. The van der Waals surface area contributed by atoms with E-state index >= 15 is 0 Å². The minimum atomic E-state index is -1.11. The van der Waals surface area contributed by atoms with E-state index in [9.17, 15) is 24.0 Å². The Morgan fingerprint density at radius 1 is 0.871 bits per heavy atom. The summed E-state index contributed by atoms with van der Waals surface area (Å²) in [6.45, 7) is 1.28. The molecular formula is C20H27NO10. The van der Waals surface area contributed by atoms with Gasteiger partial charge >= 0.3 is 29.8 Å². The molecule has 0 heterocycles. The molecule has 0 aliphatic heterocycles. The van der Waals surface area contributed by atoms with Crippen LogP contribution in [0.15, 0.2) is 30.3 Å². The number of carbonyl (C=O) groups is 5. The van der Waals surface area contributed by atoms with Crippen LogP contribution >= 0.6 is 0 Å². The average Bonchev–Trinajstić information content (AvgIpc) is 2.70. The van der Waals surface area contributed by atoms with E-state index in [4.69, 9.17) is 25.8 Å². The van der Waals surface area contributed by atoms with Gasteiger partial charge in [0.25, 0.3) is 0 Å². The van der Waals surface area contributed by atoms with Crippen LogP contribution < -0.4 is 5.73 Å². The van der Waals surface area contributed by atoms with Gasteiger partial charge in [0.05, 0.1) is 25.7 Å². The summed E-state index contributed by atoms with van der Waals surface area (Å²) in [7, 11) is 0. The standard InChI is InChI=1S/C11H16O8.C9H11NO2/c1-7(19-11(17)5-3-9(14)15)6-18-10(16)4-2-8(12)13;10-8(9(11)12)6-7-4-2-1-3-5-7/h7H,2-6H2,1H3,(H,12,13)(H,14,15);1-5,8H,6,10H2,(H,11,12). The number of carboxylic acid groups (broad SMARTS) is 3. The predicted octanol–water partition coefficient (Wildman–Crippen LogP) is 0.832. The first kappa shape index (κ1) is 27.5. The molecule has 2 atom stereocenters. The maximum absolute atomic E-state index is 11.1. The number of hydrogen-bond acceptors (Lipinski definition) is 8. The first-order chi connectivity index (χ1) is 14.5. The van der Waals surface area contributed by atoms with Crippen molar-refractivity contribution in [2.24, 2.45) is 5.73 Å². The minimum absolute atomic E-state index is 0.197. The fraction of sp³-hybridized carbons (Fsp3) is 0.450. The number of nitrogens with two attached hydrogens (primary N) is 1. The van der Waals surface area contributed by atoms with Crippen molar-refractivity contribution in [3.8, 4) is 0 Å². The van der Waals surface area contributed by atoms with Crippen molar-refractivity contribution in [3.05, 3.63) is 35.9 Å². The molecule has 1 aromatic rings. The van der Waals surface area contributed by atoms with Gasteiger partial charge in [0.15, 0.2) is 0 Å². The lowest BCUT2D eigenvalue weighted by molar-refractivity contribution is -0.159. The van der Waals surface area contributed by atoms with Crippen molar-refractivity contribution < 1.29 is 48.8 Å². The molecule has 0 aromatic heterocycles. The molecule has 172 valence electrons. The lowest BCUT2D eigenvalue weighted by Crippen LogP contribution is -2.32. The predicted molar refractivity (Wildman–Crippen MR) is 106 cm³/mol. The number of ether oxygens (including phenoxy) is 2. The van der Waals surface area contributed by atoms with Gasteiger partial charge < -0.3 is 30.5 Å². The molecular weight excluding hydrogens is 414 g/mol. The quantitative estimate of drug-likeness (QED) is 0.336. The summed E-state index contributed by atoms with van der Waals surface area (Å²) in [6.07, 6.45) is -1.50. The summed E-state index contributed by atoms with van der Waals surface area (Å²) in [5.74, 6) is -4.57. The molecule has 1 aromatic carbocycles. The zero-order chi connectivity index (χ0) is 23.8. The highest BCUT2D eigenvalue weighted by Gasteiger charge is 2.14. The molecule has 0 bridgehead atoms. The smallest absolute Gasteiger partial charge is 0.320 e. The van der Waals surface area contributed by atoms with Crippen LogP contribution in [0.3, 0.4) is 0 Å². The Hall–Kier alpha value is -3.47. The van der Waals surface area contributed by atoms with Crippen molar-refractivity contribution in [2.45, 2.75) is 51.2 Å². The van der Waals surface area contributed by atoms with Gasteiger partial charge in [-0.3, -0.25) is 24.0 Å². The Bertz CT molecular complexity index is 735. The number of aliphatic carboxylic acids is 3. The normalized spacial score (nSPS) is 11.8. The van der Waals surface area contributed by atoms with Crippen molar-refractivity contribution >= 4 is 29.8 Å². The second-order valence-corrected chi connectivity index (χ2v) is 6.41. The van der Waals surface area contributed by atoms with Crippen molar-refractivity contribution in [2.75, 3.05) is 6.61 Å². The fourth-order valence-electron chi connectivity index (χ4n) is 1.97. The second-order valence-electron chi connectivity index (χ2n) is 6.41. The number of carbonyl (C=O) groups excluding carboxylic acids is 2. The summed E-state index contributed by atoms with van der Waals surface area (Å²) in [5, 5.41) is 25.2. The number of esters is 2. The molecule has 0 saturated carbocycles. The van der Waals surface area contributed by atoms with Crippen LogP contribution in [-0.2, 0) is 39.9 Å². The zero-order valence-electron chi connectivity index (χ0n) is 17.1. The van der Waals surface area contributed by atoms with E-state index in [0.717, 1.165) is 5.56 Å². The molecule has 0 spiro atoms. The third-order valence-electron chi connectivity index (χ3n) is 3.51. The van der Waals surface area contributed by atoms with E-state index in [0.29, 0.717) is 6.42 Å². The molecule has 0 amide bonds. The topological polar surface area (TPSA) is 191 Å². The summed E-state index contributed by atoms with van der Waals surface area (Å²) >= 11 is 0. The van der Waals surface area contributed by atoms with Crippen molar-refractivity contribution in [1.29, 1.82) is 0 Å². The zero-order valence-corrected chi connectivity index (χ0v) is 17.1. The van der Waals surface area contributed by atoms with Gasteiger partial charge in [0, 0.05) is 0 Å². The van der Waals surface area contributed by atoms with E-state index < -0.39 is 42.0 Å². The van der Waals surface area contributed by atoms with E-state index in [2.05, 4.69) is 4.74 Å². The molecule has 2 unspecified atom stereocenters. The van der Waals surface area contributed by atoms with Gasteiger partial charge in [-0.1, -0.05) is 30.3 Å². The maximum Gasteiger partial charge on any atom is 0.320 e. The Labute approximate surface area is 178 Å². The van der Waals surface area contributed by atoms with Crippen LogP contribution in [-0.4, -0.2) is 63.9 Å². The molecule has 0 fully saturated rings. The summed E-state index contributed by atoms with van der Waals surface area (Å²) in [5.41, 5.74) is 6.30. The van der Waals surface area contributed by atoms with Gasteiger partial charge in [-0.25, -0.2) is 0 Å². The van der Waals surface area contributed by atoms with Gasteiger partial charge in [-0.15, -0.1) is 0 Å². The Balaban J connectivity index is 0.000000639. The van der Waals surface area contributed by atoms with Gasteiger partial charge in [0.1, 0.15) is 18.8 Å². The third kappa shape index (κ3) is 16.1. The minimum Gasteiger partial charge on any atom is -0.481 e. The highest BCUT2D eigenvalue weighted by atomic mass is 16.6. The number of hydrogen-bond donors (Lipinski definition) is 4. The van der Waals surface area contributed by atoms with Crippen LogP contribution in [0, 0.1) is 0 Å². The van der Waals surface area contributed by atoms with E-state index in [1.807, 2.05) is 30.3 Å². The van der Waals surface area contributed by atoms with Crippen molar-refractivity contribution in [3.63, 3.8) is 0 Å². The van der Waals surface area contributed by atoms with Crippen LogP contribution in [0.1, 0.15) is 38.2 Å². The summed E-state index contributed by atoms with van der Waals surface area (Å²) < 4.78 is 9.47. The van der Waals surface area contributed by atoms with E-state index in [1.54, 1.807) is 0 Å². The summed E-state index contributed by atoms with van der Waals surface area (Å²) in [4.78, 5) is 52.9.